The minimum absolute atomic E-state index is 0.0909. The topological polar surface area (TPSA) is 76.7 Å². The molecule has 0 radical (unpaired) electrons. The normalized spacial score (nSPS) is 20.0. The average molecular weight is 407 g/mol. The second kappa shape index (κ2) is 6.24. The molecule has 0 spiro atoms. The number of hydrogen-bond donors (Lipinski definition) is 1. The van der Waals surface area contributed by atoms with Crippen LogP contribution in [0.25, 0.3) is 0 Å². The van der Waals surface area contributed by atoms with Crippen molar-refractivity contribution in [2.45, 2.75) is 24.4 Å². The molecule has 2 heterocycles. The van der Waals surface area contributed by atoms with Crippen LogP contribution in [0.1, 0.15) is 33.7 Å². The molecule has 3 rings (SSSR count). The van der Waals surface area contributed by atoms with E-state index in [2.05, 4.69) is 15.1 Å². The average Bonchev–Trinajstić information content (AvgIpc) is 3.19. The Labute approximate surface area is 153 Å². The Morgan fingerprint density at radius 3 is 2.25 bits per heavy atom. The maximum absolute atomic E-state index is 13.8. The lowest BCUT2D eigenvalue weighted by Crippen LogP contribution is -2.44. The van der Waals surface area contributed by atoms with Gasteiger partial charge in [-0.2, -0.15) is 31.4 Å². The third-order valence-electron chi connectivity index (χ3n) is 4.24. The molecule has 150 valence electrons. The summed E-state index contributed by atoms with van der Waals surface area (Å²) in [5.41, 5.74) is -5.63. The molecule has 1 unspecified atom stereocenters. The molecule has 1 atom stereocenters. The van der Waals surface area contributed by atoms with Crippen molar-refractivity contribution in [3.8, 4) is 0 Å². The molecule has 1 aromatic heterocycles. The van der Waals surface area contributed by atoms with Gasteiger partial charge in [0.1, 0.15) is 0 Å². The molecule has 0 amide bonds. The predicted octanol–water partition coefficient (Wildman–Crippen LogP) is 3.72. The maximum atomic E-state index is 13.8. The number of nitrogens with zero attached hydrogens (tertiary/aromatic N) is 3. The number of aromatic carboxylic acids is 1. The van der Waals surface area contributed by atoms with Crippen LogP contribution in [-0.4, -0.2) is 32.7 Å². The van der Waals surface area contributed by atoms with E-state index in [-0.39, 0.29) is 22.9 Å². The van der Waals surface area contributed by atoms with Crippen LogP contribution in [-0.2, 0) is 23.7 Å². The molecule has 2 aromatic rings. The Kier molecular flexibility index (Phi) is 4.39. The zero-order valence-electron chi connectivity index (χ0n) is 14.0. The van der Waals surface area contributed by atoms with Crippen molar-refractivity contribution in [3.63, 3.8) is 0 Å². The van der Waals surface area contributed by atoms with E-state index in [1.54, 1.807) is 0 Å². The van der Waals surface area contributed by atoms with Gasteiger partial charge in [-0.15, -0.1) is 0 Å². The summed E-state index contributed by atoms with van der Waals surface area (Å²) in [5, 5.41) is 15.4. The second-order valence-electron chi connectivity index (χ2n) is 6.05. The van der Waals surface area contributed by atoms with E-state index in [0.717, 1.165) is 7.05 Å². The van der Waals surface area contributed by atoms with Crippen LogP contribution in [0.3, 0.4) is 0 Å². The number of carboxylic acid groups (broad SMARTS) is 1. The van der Waals surface area contributed by atoms with Gasteiger partial charge >= 0.3 is 18.3 Å². The molecule has 1 aliphatic rings. The fourth-order valence-corrected chi connectivity index (χ4v) is 2.81. The molecule has 12 heteroatoms. The van der Waals surface area contributed by atoms with Crippen LogP contribution in [0.15, 0.2) is 35.5 Å². The summed E-state index contributed by atoms with van der Waals surface area (Å²) in [6.07, 6.45) is -10.9. The monoisotopic (exact) mass is 407 g/mol. The van der Waals surface area contributed by atoms with E-state index < -0.39 is 41.7 Å². The van der Waals surface area contributed by atoms with Crippen LogP contribution in [0, 0.1) is 0 Å². The number of hydrogen-bond acceptors (Lipinski definition) is 4. The number of aromatic nitrogens is 2. The summed E-state index contributed by atoms with van der Waals surface area (Å²) in [5.74, 6) is -1.23. The third kappa shape index (κ3) is 3.18. The molecule has 0 aliphatic carbocycles. The van der Waals surface area contributed by atoms with Crippen molar-refractivity contribution in [2.75, 3.05) is 0 Å². The number of aryl methyl sites for hydroxylation is 1. The molecule has 0 saturated carbocycles. The molecular weight excluding hydrogens is 396 g/mol. The van der Waals surface area contributed by atoms with Gasteiger partial charge in [0.2, 0.25) is 0 Å². The largest absolute Gasteiger partial charge is 0.478 e. The first-order valence-corrected chi connectivity index (χ1v) is 7.62. The molecule has 28 heavy (non-hydrogen) atoms. The third-order valence-corrected chi connectivity index (χ3v) is 4.24. The summed E-state index contributed by atoms with van der Waals surface area (Å²) >= 11 is 0. The van der Waals surface area contributed by atoms with Gasteiger partial charge in [0, 0.05) is 7.05 Å². The van der Waals surface area contributed by atoms with E-state index in [0.29, 0.717) is 4.68 Å². The number of benzene rings is 1. The van der Waals surface area contributed by atoms with Crippen LogP contribution < -0.4 is 0 Å². The van der Waals surface area contributed by atoms with Gasteiger partial charge in [-0.05, 0) is 23.8 Å². The van der Waals surface area contributed by atoms with E-state index >= 15 is 0 Å². The molecule has 6 nitrogen and oxygen atoms in total. The minimum Gasteiger partial charge on any atom is -0.478 e. The first-order chi connectivity index (χ1) is 12.8. The van der Waals surface area contributed by atoms with Gasteiger partial charge in [0.05, 0.1) is 23.4 Å². The number of halogens is 6. The SMILES string of the molecule is Cn1nc(C(F)(F)F)cc1C1(C(F)(F)F)CC(c2ccc(C(=O)O)cc2)=NO1. The van der Waals surface area contributed by atoms with Gasteiger partial charge in [-0.1, -0.05) is 17.3 Å². The first kappa shape index (κ1) is 19.7. The predicted molar refractivity (Wildman–Crippen MR) is 81.6 cm³/mol. The highest BCUT2D eigenvalue weighted by atomic mass is 19.4. The van der Waals surface area contributed by atoms with Gasteiger partial charge in [-0.25, -0.2) is 4.79 Å². The van der Waals surface area contributed by atoms with Gasteiger partial charge in [-0.3, -0.25) is 4.68 Å². The lowest BCUT2D eigenvalue weighted by atomic mass is 9.89. The number of carboxylic acids is 1. The Morgan fingerprint density at radius 2 is 1.79 bits per heavy atom. The molecule has 0 fully saturated rings. The summed E-state index contributed by atoms with van der Waals surface area (Å²) in [6.45, 7) is 0. The van der Waals surface area contributed by atoms with E-state index in [4.69, 9.17) is 5.11 Å². The zero-order valence-corrected chi connectivity index (χ0v) is 14.0. The molecule has 1 N–H and O–H groups in total. The first-order valence-electron chi connectivity index (χ1n) is 7.62. The standard InChI is InChI=1S/C16H11F6N3O3/c1-25-12(6-11(23-25)15(17,18)19)14(16(20,21)22)7-10(24-28-14)8-2-4-9(5-3-8)13(26)27/h2-6H,7H2,1H3,(H,26,27). The fourth-order valence-electron chi connectivity index (χ4n) is 2.81. The van der Waals surface area contributed by atoms with Crippen molar-refractivity contribution >= 4 is 11.7 Å². The highest BCUT2D eigenvalue weighted by Gasteiger charge is 2.64. The number of oxime groups is 1. The highest BCUT2D eigenvalue weighted by molar-refractivity contribution is 6.02. The number of alkyl halides is 6. The molecular formula is C16H11F6N3O3. The smallest absolute Gasteiger partial charge is 0.437 e. The maximum Gasteiger partial charge on any atom is 0.437 e. The summed E-state index contributed by atoms with van der Waals surface area (Å²) < 4.78 is 80.6. The lowest BCUT2D eigenvalue weighted by molar-refractivity contribution is -0.278. The van der Waals surface area contributed by atoms with Gasteiger partial charge < -0.3 is 9.94 Å². The summed E-state index contributed by atoms with van der Waals surface area (Å²) in [4.78, 5) is 15.5. The van der Waals surface area contributed by atoms with Crippen molar-refractivity contribution in [1.82, 2.24) is 9.78 Å². The summed E-state index contributed by atoms with van der Waals surface area (Å²) in [6, 6.07) is 5.09. The fraction of sp³-hybridized carbons (Fsp3) is 0.312. The zero-order chi connectivity index (χ0) is 20.9. The van der Waals surface area contributed by atoms with Crippen molar-refractivity contribution < 1.29 is 41.1 Å². The highest BCUT2D eigenvalue weighted by Crippen LogP contribution is 2.49. The van der Waals surface area contributed by atoms with Gasteiger partial charge in [0.15, 0.2) is 5.69 Å². The van der Waals surface area contributed by atoms with Gasteiger partial charge in [0.25, 0.3) is 5.60 Å². The molecule has 1 aromatic carbocycles. The van der Waals surface area contributed by atoms with E-state index in [9.17, 15) is 31.1 Å². The van der Waals surface area contributed by atoms with Crippen LogP contribution in [0.2, 0.25) is 0 Å². The Balaban J connectivity index is 2.00. The van der Waals surface area contributed by atoms with E-state index in [1.807, 2.05) is 0 Å². The Bertz CT molecular complexity index is 946. The van der Waals surface area contributed by atoms with Crippen LogP contribution in [0.5, 0.6) is 0 Å². The molecule has 1 aliphatic heterocycles. The quantitative estimate of drug-likeness (QED) is 0.787. The van der Waals surface area contributed by atoms with Crippen molar-refractivity contribution in [1.29, 1.82) is 0 Å². The number of rotatable bonds is 3. The molecule has 0 bridgehead atoms. The summed E-state index contributed by atoms with van der Waals surface area (Å²) in [7, 11) is 0.946. The minimum atomic E-state index is -5.10. The Morgan fingerprint density at radius 1 is 1.18 bits per heavy atom. The Hall–Kier alpha value is -3.05. The van der Waals surface area contributed by atoms with E-state index in [1.165, 1.54) is 24.3 Å². The molecule has 0 saturated heterocycles. The second-order valence-corrected chi connectivity index (χ2v) is 6.05. The van der Waals surface area contributed by atoms with Crippen LogP contribution >= 0.6 is 0 Å². The lowest BCUT2D eigenvalue weighted by Gasteiger charge is -2.28. The van der Waals surface area contributed by atoms with Crippen LogP contribution in [0.4, 0.5) is 26.3 Å². The number of carbonyl (C=O) groups is 1. The van der Waals surface area contributed by atoms with Crippen molar-refractivity contribution in [2.24, 2.45) is 12.2 Å². The van der Waals surface area contributed by atoms with Crippen molar-refractivity contribution in [3.05, 3.63) is 52.8 Å².